The van der Waals surface area contributed by atoms with Crippen LogP contribution in [0.15, 0.2) is 24.3 Å². The summed E-state index contributed by atoms with van der Waals surface area (Å²) >= 11 is 5.44. The van der Waals surface area contributed by atoms with Crippen LogP contribution in [0.2, 0.25) is 0 Å². The fraction of sp³-hybridized carbons (Fsp3) is 0.613. The van der Waals surface area contributed by atoms with E-state index in [0.29, 0.717) is 37.9 Å². The number of anilines is 1. The highest BCUT2D eigenvalue weighted by Gasteiger charge is 2.29. The number of ether oxygens (including phenoxy) is 1. The molecule has 0 heterocycles. The van der Waals surface area contributed by atoms with Crippen molar-refractivity contribution in [2.45, 2.75) is 91.8 Å². The highest BCUT2D eigenvalue weighted by molar-refractivity contribution is 6.27. The minimum absolute atomic E-state index is 0.0988. The molecule has 0 saturated heterocycles. The van der Waals surface area contributed by atoms with Gasteiger partial charge in [-0.25, -0.2) is 4.79 Å². The Hall–Kier alpha value is -3.87. The average Bonchev–Trinajstić information content (AvgIpc) is 2.95. The van der Waals surface area contributed by atoms with Gasteiger partial charge in [0.15, 0.2) is 0 Å². The molecule has 0 spiro atoms. The Bertz CT molecular complexity index is 1140. The first kappa shape index (κ1) is 39.2. The van der Waals surface area contributed by atoms with Crippen LogP contribution in [0.4, 0.5) is 10.5 Å². The maximum Gasteiger partial charge on any atom is 0.312 e. The molecular weight excluding hydrogens is 604 g/mol. The van der Waals surface area contributed by atoms with Gasteiger partial charge in [0.1, 0.15) is 24.6 Å². The first-order valence-electron chi connectivity index (χ1n) is 15.1. The Morgan fingerprint density at radius 2 is 1.51 bits per heavy atom. The second-order valence-electron chi connectivity index (χ2n) is 12.3. The molecule has 7 N–H and O–H groups in total. The summed E-state index contributed by atoms with van der Waals surface area (Å²) in [6, 6.07) is 4.20. The average molecular weight is 653 g/mol. The Kier molecular flexibility index (Phi) is 17.6. The van der Waals surface area contributed by atoms with E-state index >= 15 is 0 Å². The van der Waals surface area contributed by atoms with E-state index in [1.165, 1.54) is 0 Å². The number of rotatable bonds is 19. The fourth-order valence-corrected chi connectivity index (χ4v) is 4.17. The Morgan fingerprint density at radius 1 is 0.867 bits per heavy atom. The van der Waals surface area contributed by atoms with E-state index in [4.69, 9.17) is 22.1 Å². The van der Waals surface area contributed by atoms with Crippen LogP contribution < -0.4 is 32.3 Å². The Balaban J connectivity index is 2.82. The number of urea groups is 1. The van der Waals surface area contributed by atoms with Gasteiger partial charge in [-0.05, 0) is 54.7 Å². The number of esters is 1. The monoisotopic (exact) mass is 652 g/mol. The summed E-state index contributed by atoms with van der Waals surface area (Å²) in [5.41, 5.74) is 6.16. The molecule has 1 aromatic rings. The smallest absolute Gasteiger partial charge is 0.312 e. The van der Waals surface area contributed by atoms with Crippen molar-refractivity contribution in [2.75, 3.05) is 24.3 Å². The second kappa shape index (κ2) is 20.2. The van der Waals surface area contributed by atoms with Crippen molar-refractivity contribution in [3.8, 4) is 0 Å². The lowest BCUT2D eigenvalue weighted by Gasteiger charge is -2.25. The third kappa shape index (κ3) is 17.9. The van der Waals surface area contributed by atoms with Gasteiger partial charge in [-0.1, -0.05) is 46.8 Å². The maximum atomic E-state index is 13.3. The molecule has 0 radical (unpaired) electrons. The molecule has 0 unspecified atom stereocenters. The van der Waals surface area contributed by atoms with E-state index in [0.717, 1.165) is 5.56 Å². The van der Waals surface area contributed by atoms with Crippen molar-refractivity contribution < 1.29 is 33.5 Å². The summed E-state index contributed by atoms with van der Waals surface area (Å²) in [5.74, 6) is -2.33. The number of hydrogen-bond acceptors (Lipinski definition) is 7. The molecule has 0 fully saturated rings. The number of hydrogen-bond donors (Lipinski definition) is 6. The quantitative estimate of drug-likeness (QED) is 0.0750. The Morgan fingerprint density at radius 3 is 2.09 bits per heavy atom. The number of nitrogens with one attached hydrogen (secondary N) is 5. The number of amides is 6. The van der Waals surface area contributed by atoms with Crippen molar-refractivity contribution in [3.63, 3.8) is 0 Å². The molecule has 14 heteroatoms. The van der Waals surface area contributed by atoms with Crippen LogP contribution >= 0.6 is 11.6 Å². The van der Waals surface area contributed by atoms with Crippen LogP contribution in [-0.4, -0.2) is 66.7 Å². The summed E-state index contributed by atoms with van der Waals surface area (Å²) in [7, 11) is 0. The van der Waals surface area contributed by atoms with Crippen molar-refractivity contribution in [1.29, 1.82) is 0 Å². The molecule has 0 saturated carbocycles. The zero-order valence-electron chi connectivity index (χ0n) is 26.9. The van der Waals surface area contributed by atoms with E-state index in [2.05, 4.69) is 26.6 Å². The third-order valence-corrected chi connectivity index (χ3v) is 6.68. The molecule has 13 nitrogen and oxygen atoms in total. The van der Waals surface area contributed by atoms with Crippen LogP contribution in [0.3, 0.4) is 0 Å². The summed E-state index contributed by atoms with van der Waals surface area (Å²) < 4.78 is 5.33. The van der Waals surface area contributed by atoms with Gasteiger partial charge in [-0.3, -0.25) is 24.0 Å². The summed E-state index contributed by atoms with van der Waals surface area (Å²) in [4.78, 5) is 73.4. The van der Waals surface area contributed by atoms with Gasteiger partial charge in [0, 0.05) is 25.2 Å². The third-order valence-electron chi connectivity index (χ3n) is 6.44. The fourth-order valence-electron chi connectivity index (χ4n) is 4.08. The van der Waals surface area contributed by atoms with Crippen molar-refractivity contribution >= 4 is 52.9 Å². The van der Waals surface area contributed by atoms with Gasteiger partial charge in [0.2, 0.25) is 23.6 Å². The summed E-state index contributed by atoms with van der Waals surface area (Å²) in [5, 5.41) is 13.4. The van der Waals surface area contributed by atoms with E-state index in [9.17, 15) is 28.8 Å². The number of benzene rings is 1. The van der Waals surface area contributed by atoms with Crippen LogP contribution in [0.5, 0.6) is 0 Å². The lowest BCUT2D eigenvalue weighted by atomic mass is 9.92. The molecule has 252 valence electrons. The number of carbonyl (C=O) groups is 6. The molecule has 0 aromatic heterocycles. The predicted octanol–water partition coefficient (Wildman–Crippen LogP) is 2.70. The first-order chi connectivity index (χ1) is 21.1. The van der Waals surface area contributed by atoms with Gasteiger partial charge < -0.3 is 37.1 Å². The zero-order chi connectivity index (χ0) is 34.0. The highest BCUT2D eigenvalue weighted by atomic mass is 35.5. The number of carbonyl (C=O) groups excluding carboxylic acids is 6. The molecule has 0 bridgehead atoms. The molecule has 2 atom stereocenters. The van der Waals surface area contributed by atoms with Crippen molar-refractivity contribution in [3.05, 3.63) is 29.8 Å². The normalized spacial score (nSPS) is 12.4. The predicted molar refractivity (Wildman–Crippen MR) is 172 cm³/mol. The molecule has 0 aliphatic carbocycles. The van der Waals surface area contributed by atoms with E-state index in [1.807, 2.05) is 20.8 Å². The highest BCUT2D eigenvalue weighted by Crippen LogP contribution is 2.20. The standard InChI is InChI=1S/C31H49ClN6O7/c1-20(2)27(38-24(39)10-6-7-15-34-25(40)18-32)29(43)37-23(9-8-16-35-30(33)44)28(42)36-22-13-11-21(12-14-22)19-45-26(41)17-31(3,4)5/h11-14,20,23,27H,6-10,15-19H2,1-5H3,(H,34,40)(H,36,42)(H,37,43)(H,38,39)(H3,33,35,44)/t23-,27-/m1/s1. The lowest BCUT2D eigenvalue weighted by Crippen LogP contribution is -2.54. The zero-order valence-corrected chi connectivity index (χ0v) is 27.7. The molecule has 45 heavy (non-hydrogen) atoms. The van der Waals surface area contributed by atoms with Gasteiger partial charge in [-0.15, -0.1) is 11.6 Å². The number of nitrogens with two attached hydrogens (primary N) is 1. The number of alkyl halides is 1. The van der Waals surface area contributed by atoms with Gasteiger partial charge in [0.05, 0.1) is 6.42 Å². The molecular formula is C31H49ClN6O7. The Labute approximate surface area is 270 Å². The number of halogens is 1. The SMILES string of the molecule is CC(C)[C@@H](NC(=O)CCCCNC(=O)CCl)C(=O)N[C@H](CCCNC(N)=O)C(=O)Nc1ccc(COC(=O)CC(C)(C)C)cc1. The van der Waals surface area contributed by atoms with Crippen molar-refractivity contribution in [2.24, 2.45) is 17.1 Å². The van der Waals surface area contributed by atoms with Crippen LogP contribution in [0.1, 0.15) is 78.7 Å². The van der Waals surface area contributed by atoms with Crippen molar-refractivity contribution in [1.82, 2.24) is 21.3 Å². The summed E-state index contributed by atoms with van der Waals surface area (Å²) in [6.07, 6.45) is 2.05. The van der Waals surface area contributed by atoms with E-state index in [-0.39, 0.29) is 61.0 Å². The number of unbranched alkanes of at least 4 members (excludes halogenated alkanes) is 1. The van der Waals surface area contributed by atoms with Crippen LogP contribution in [0.25, 0.3) is 0 Å². The molecule has 1 rings (SSSR count). The van der Waals surface area contributed by atoms with Crippen LogP contribution in [-0.2, 0) is 35.3 Å². The van der Waals surface area contributed by atoms with Gasteiger partial charge in [-0.2, -0.15) is 0 Å². The minimum Gasteiger partial charge on any atom is -0.461 e. The molecule has 0 aliphatic heterocycles. The van der Waals surface area contributed by atoms with Gasteiger partial charge in [0.25, 0.3) is 0 Å². The minimum atomic E-state index is -0.978. The maximum absolute atomic E-state index is 13.3. The van der Waals surface area contributed by atoms with Gasteiger partial charge >= 0.3 is 12.0 Å². The number of primary amides is 1. The van der Waals surface area contributed by atoms with E-state index < -0.39 is 29.9 Å². The second-order valence-corrected chi connectivity index (χ2v) is 12.6. The molecule has 1 aromatic carbocycles. The first-order valence-corrected chi connectivity index (χ1v) is 15.7. The molecule has 6 amide bonds. The topological polar surface area (TPSA) is 198 Å². The van der Waals surface area contributed by atoms with E-state index in [1.54, 1.807) is 38.1 Å². The molecule has 0 aliphatic rings. The lowest BCUT2D eigenvalue weighted by molar-refractivity contribution is -0.147. The summed E-state index contributed by atoms with van der Waals surface area (Å²) in [6.45, 7) is 10.1. The largest absolute Gasteiger partial charge is 0.461 e. The van der Waals surface area contributed by atoms with Crippen LogP contribution in [0, 0.1) is 11.3 Å².